The minimum absolute atomic E-state index is 0.0110. The van der Waals surface area contributed by atoms with Crippen LogP contribution in [0.15, 0.2) is 18.2 Å². The molecule has 0 aliphatic rings. The average molecular weight is 343 g/mol. The topological polar surface area (TPSA) is 81.7 Å². The molecule has 2 atom stereocenters. The molecule has 6 nitrogen and oxygen atoms in total. The molecule has 1 amide bonds. The molecule has 0 fully saturated rings. The lowest BCUT2D eigenvalue weighted by molar-refractivity contribution is -0.148. The zero-order valence-corrected chi connectivity index (χ0v) is 13.6. The first-order chi connectivity index (χ1) is 11.3. The number of benzene rings is 1. The van der Waals surface area contributed by atoms with Crippen molar-refractivity contribution in [1.29, 1.82) is 0 Å². The van der Waals surface area contributed by atoms with E-state index in [1.165, 1.54) is 13.2 Å². The molecule has 0 bridgehead atoms. The zero-order chi connectivity index (χ0) is 18.3. The lowest BCUT2D eigenvalue weighted by Crippen LogP contribution is -2.44. The molecule has 1 aromatic carbocycles. The minimum Gasteiger partial charge on any atom is -0.469 e. The van der Waals surface area contributed by atoms with Gasteiger partial charge in [-0.15, -0.1) is 0 Å². The van der Waals surface area contributed by atoms with E-state index in [0.29, 0.717) is 0 Å². The van der Waals surface area contributed by atoms with Crippen LogP contribution in [0, 0.1) is 17.6 Å². The van der Waals surface area contributed by atoms with Crippen molar-refractivity contribution in [3.05, 3.63) is 35.4 Å². The fraction of sp³-hybridized carbons (Fsp3) is 0.438. The van der Waals surface area contributed by atoms with Crippen LogP contribution in [-0.4, -0.2) is 38.1 Å². The van der Waals surface area contributed by atoms with Gasteiger partial charge in [-0.05, 0) is 24.1 Å². The Labute approximate surface area is 138 Å². The second kappa shape index (κ2) is 8.95. The van der Waals surface area contributed by atoms with Crippen LogP contribution >= 0.6 is 0 Å². The molecule has 1 aromatic rings. The number of amides is 1. The summed E-state index contributed by atoms with van der Waals surface area (Å²) in [4.78, 5) is 35.2. The number of hydrogen-bond acceptors (Lipinski definition) is 5. The van der Waals surface area contributed by atoms with E-state index in [0.717, 1.165) is 19.2 Å². The highest BCUT2D eigenvalue weighted by Crippen LogP contribution is 2.12. The maximum absolute atomic E-state index is 13.1. The van der Waals surface area contributed by atoms with Crippen molar-refractivity contribution in [2.45, 2.75) is 25.8 Å². The largest absolute Gasteiger partial charge is 0.469 e. The SMILES string of the molecule is COC(=O)[C@H](C)C[C@@H](NC(=O)Cc1ccc(F)c(F)c1)C(=O)OC. The summed E-state index contributed by atoms with van der Waals surface area (Å²) in [6.45, 7) is 1.54. The Hall–Kier alpha value is -2.51. The van der Waals surface area contributed by atoms with Crippen LogP contribution in [0.25, 0.3) is 0 Å². The third-order valence-electron chi connectivity index (χ3n) is 3.36. The molecule has 0 radical (unpaired) electrons. The number of carbonyl (C=O) groups is 3. The summed E-state index contributed by atoms with van der Waals surface area (Å²) in [6.07, 6.45) is -0.264. The Morgan fingerprint density at radius 1 is 1.08 bits per heavy atom. The van der Waals surface area contributed by atoms with E-state index in [1.54, 1.807) is 6.92 Å². The molecular weight excluding hydrogens is 324 g/mol. The molecule has 24 heavy (non-hydrogen) atoms. The molecule has 0 aromatic heterocycles. The standard InChI is InChI=1S/C16H19F2NO5/c1-9(15(21)23-2)6-13(16(22)24-3)19-14(20)8-10-4-5-11(17)12(18)7-10/h4-5,7,9,13H,6,8H2,1-3H3,(H,19,20)/t9-,13-/m1/s1. The van der Waals surface area contributed by atoms with Gasteiger partial charge in [0.2, 0.25) is 5.91 Å². The van der Waals surface area contributed by atoms with Gasteiger partial charge in [0.1, 0.15) is 6.04 Å². The summed E-state index contributed by atoms with van der Waals surface area (Å²) in [7, 11) is 2.37. The summed E-state index contributed by atoms with van der Waals surface area (Å²) in [5, 5.41) is 2.42. The Balaban J connectivity index is 2.74. The van der Waals surface area contributed by atoms with Gasteiger partial charge in [0, 0.05) is 0 Å². The monoisotopic (exact) mass is 343 g/mol. The highest BCUT2D eigenvalue weighted by Gasteiger charge is 2.27. The zero-order valence-electron chi connectivity index (χ0n) is 13.6. The van der Waals surface area contributed by atoms with E-state index in [2.05, 4.69) is 14.8 Å². The quantitative estimate of drug-likeness (QED) is 0.756. The molecule has 0 saturated heterocycles. The molecule has 0 aliphatic heterocycles. The molecule has 0 unspecified atom stereocenters. The van der Waals surface area contributed by atoms with Gasteiger partial charge in [0.25, 0.3) is 0 Å². The maximum atomic E-state index is 13.1. The summed E-state index contributed by atoms with van der Waals surface area (Å²) < 4.78 is 35.2. The number of methoxy groups -OCH3 is 2. The second-order valence-electron chi connectivity index (χ2n) is 5.23. The molecule has 0 spiro atoms. The van der Waals surface area contributed by atoms with Crippen molar-refractivity contribution < 1.29 is 32.6 Å². The lowest BCUT2D eigenvalue weighted by Gasteiger charge is -2.19. The van der Waals surface area contributed by atoms with Gasteiger partial charge >= 0.3 is 11.9 Å². The van der Waals surface area contributed by atoms with Crippen molar-refractivity contribution in [1.82, 2.24) is 5.32 Å². The van der Waals surface area contributed by atoms with Crippen LogP contribution < -0.4 is 5.32 Å². The molecule has 0 heterocycles. The third-order valence-corrected chi connectivity index (χ3v) is 3.36. The number of ether oxygens (including phenoxy) is 2. The highest BCUT2D eigenvalue weighted by molar-refractivity contribution is 5.86. The van der Waals surface area contributed by atoms with Gasteiger partial charge in [-0.2, -0.15) is 0 Å². The first-order valence-corrected chi connectivity index (χ1v) is 7.17. The van der Waals surface area contributed by atoms with Gasteiger partial charge in [-0.25, -0.2) is 13.6 Å². The highest BCUT2D eigenvalue weighted by atomic mass is 19.2. The Bertz CT molecular complexity index is 620. The predicted molar refractivity (Wildman–Crippen MR) is 79.8 cm³/mol. The van der Waals surface area contributed by atoms with Crippen molar-refractivity contribution in [3.8, 4) is 0 Å². The number of halogens is 2. The molecule has 0 aliphatic carbocycles. The Morgan fingerprint density at radius 2 is 1.71 bits per heavy atom. The van der Waals surface area contributed by atoms with Crippen LogP contribution in [0.4, 0.5) is 8.78 Å². The van der Waals surface area contributed by atoms with Crippen molar-refractivity contribution in [3.63, 3.8) is 0 Å². The van der Waals surface area contributed by atoms with E-state index in [4.69, 9.17) is 0 Å². The van der Waals surface area contributed by atoms with Crippen LogP contribution in [0.2, 0.25) is 0 Å². The van der Waals surface area contributed by atoms with E-state index < -0.39 is 41.4 Å². The van der Waals surface area contributed by atoms with Crippen LogP contribution in [0.3, 0.4) is 0 Å². The fourth-order valence-corrected chi connectivity index (χ4v) is 2.09. The molecule has 8 heteroatoms. The number of esters is 2. The smallest absolute Gasteiger partial charge is 0.328 e. The summed E-state index contributed by atoms with van der Waals surface area (Å²) in [5.41, 5.74) is 0.246. The lowest BCUT2D eigenvalue weighted by atomic mass is 10.0. The normalized spacial score (nSPS) is 12.9. The van der Waals surface area contributed by atoms with Gasteiger partial charge in [0.05, 0.1) is 26.6 Å². The predicted octanol–water partition coefficient (Wildman–Crippen LogP) is 1.36. The van der Waals surface area contributed by atoms with Crippen molar-refractivity contribution in [2.75, 3.05) is 14.2 Å². The van der Waals surface area contributed by atoms with Gasteiger partial charge in [-0.3, -0.25) is 9.59 Å². The van der Waals surface area contributed by atoms with Crippen LogP contribution in [0.5, 0.6) is 0 Å². The molecular formula is C16H19F2NO5. The third kappa shape index (κ3) is 5.60. The van der Waals surface area contributed by atoms with E-state index in [9.17, 15) is 23.2 Å². The van der Waals surface area contributed by atoms with Crippen molar-refractivity contribution >= 4 is 17.8 Å². The van der Waals surface area contributed by atoms with Crippen molar-refractivity contribution in [2.24, 2.45) is 5.92 Å². The summed E-state index contributed by atoms with van der Waals surface area (Å²) in [5.74, 6) is -4.55. The van der Waals surface area contributed by atoms with Crippen LogP contribution in [-0.2, 0) is 30.3 Å². The first-order valence-electron chi connectivity index (χ1n) is 7.17. The molecule has 1 N–H and O–H groups in total. The average Bonchev–Trinajstić information content (AvgIpc) is 2.55. The molecule has 1 rings (SSSR count). The van der Waals surface area contributed by atoms with Crippen LogP contribution in [0.1, 0.15) is 18.9 Å². The summed E-state index contributed by atoms with van der Waals surface area (Å²) >= 11 is 0. The fourth-order valence-electron chi connectivity index (χ4n) is 2.09. The van der Waals surface area contributed by atoms with Gasteiger partial charge < -0.3 is 14.8 Å². The number of carbonyl (C=O) groups excluding carboxylic acids is 3. The second-order valence-corrected chi connectivity index (χ2v) is 5.23. The maximum Gasteiger partial charge on any atom is 0.328 e. The van der Waals surface area contributed by atoms with E-state index in [-0.39, 0.29) is 18.4 Å². The van der Waals surface area contributed by atoms with E-state index >= 15 is 0 Å². The number of hydrogen-bond donors (Lipinski definition) is 1. The van der Waals surface area contributed by atoms with E-state index in [1.807, 2.05) is 0 Å². The van der Waals surface area contributed by atoms with Gasteiger partial charge in [0.15, 0.2) is 11.6 Å². The first kappa shape index (κ1) is 19.5. The Morgan fingerprint density at radius 3 is 2.25 bits per heavy atom. The minimum atomic E-state index is -1.07. The van der Waals surface area contributed by atoms with Gasteiger partial charge in [-0.1, -0.05) is 13.0 Å². The molecule has 132 valence electrons. The number of nitrogens with one attached hydrogen (secondary N) is 1. The Kier molecular flexibility index (Phi) is 7.29. The molecule has 0 saturated carbocycles. The summed E-state index contributed by atoms with van der Waals surface area (Å²) in [6, 6.07) is 2.03. The number of rotatable bonds is 7.